The average molecular weight is 228 g/mol. The van der Waals surface area contributed by atoms with E-state index in [0.29, 0.717) is 0 Å². The summed E-state index contributed by atoms with van der Waals surface area (Å²) >= 11 is 0. The van der Waals surface area contributed by atoms with Crippen LogP contribution in [0.25, 0.3) is 0 Å². The van der Waals surface area contributed by atoms with Crippen molar-refractivity contribution in [3.63, 3.8) is 0 Å². The Kier molecular flexibility index (Phi) is 4.19. The molecule has 3 N–H and O–H groups in total. The third kappa shape index (κ3) is 2.40. The summed E-state index contributed by atoms with van der Waals surface area (Å²) in [4.78, 5) is 0. The van der Waals surface area contributed by atoms with Crippen molar-refractivity contribution in [3.05, 3.63) is 0 Å². The first kappa shape index (κ1) is 12.3. The quantitative estimate of drug-likeness (QED) is 0.408. The summed E-state index contributed by atoms with van der Waals surface area (Å²) in [6.07, 6.45) is 6.51. The Hall–Kier alpha value is -0.160. The van der Waals surface area contributed by atoms with Gasteiger partial charge in [0.25, 0.3) is 0 Å². The van der Waals surface area contributed by atoms with E-state index in [9.17, 15) is 0 Å². The van der Waals surface area contributed by atoms with Crippen molar-refractivity contribution in [1.29, 1.82) is 0 Å². The third-order valence-electron chi connectivity index (χ3n) is 4.45. The first-order valence-electron chi connectivity index (χ1n) is 6.30. The molecular formula is C12H24N2O2. The number of nitrogens with one attached hydrogen (secondary N) is 1. The van der Waals surface area contributed by atoms with Gasteiger partial charge in [0.05, 0.1) is 6.04 Å². The van der Waals surface area contributed by atoms with Crippen molar-refractivity contribution >= 4 is 0 Å². The van der Waals surface area contributed by atoms with Gasteiger partial charge in [0.15, 0.2) is 6.29 Å². The second-order valence-corrected chi connectivity index (χ2v) is 5.28. The summed E-state index contributed by atoms with van der Waals surface area (Å²) in [5.41, 5.74) is 2.84. The fourth-order valence-corrected chi connectivity index (χ4v) is 3.67. The van der Waals surface area contributed by atoms with Gasteiger partial charge < -0.3 is 9.47 Å². The van der Waals surface area contributed by atoms with Crippen molar-refractivity contribution in [2.75, 3.05) is 14.2 Å². The molecule has 0 saturated heterocycles. The highest BCUT2D eigenvalue weighted by Gasteiger charge is 2.41. The zero-order chi connectivity index (χ0) is 11.5. The Morgan fingerprint density at radius 1 is 1.25 bits per heavy atom. The van der Waals surface area contributed by atoms with E-state index in [-0.39, 0.29) is 12.3 Å². The molecule has 2 aliphatic carbocycles. The van der Waals surface area contributed by atoms with E-state index in [1.807, 2.05) is 0 Å². The zero-order valence-corrected chi connectivity index (χ0v) is 10.3. The lowest BCUT2D eigenvalue weighted by Crippen LogP contribution is -2.47. The maximum Gasteiger partial charge on any atom is 0.173 e. The molecule has 94 valence electrons. The Bertz CT molecular complexity index is 221. The Morgan fingerprint density at radius 2 is 2.00 bits per heavy atom. The van der Waals surface area contributed by atoms with E-state index in [4.69, 9.17) is 15.3 Å². The molecule has 2 saturated carbocycles. The lowest BCUT2D eigenvalue weighted by molar-refractivity contribution is -0.127. The summed E-state index contributed by atoms with van der Waals surface area (Å²) in [6.45, 7) is 0. The molecular weight excluding hydrogens is 204 g/mol. The molecule has 4 heteroatoms. The van der Waals surface area contributed by atoms with Gasteiger partial charge in [-0.1, -0.05) is 6.42 Å². The molecule has 0 spiro atoms. The van der Waals surface area contributed by atoms with E-state index in [1.165, 1.54) is 25.7 Å². The summed E-state index contributed by atoms with van der Waals surface area (Å²) < 4.78 is 10.6. The predicted molar refractivity (Wildman–Crippen MR) is 62.5 cm³/mol. The number of rotatable bonds is 6. The van der Waals surface area contributed by atoms with Crippen LogP contribution < -0.4 is 11.3 Å². The molecule has 0 aromatic carbocycles. The van der Waals surface area contributed by atoms with Crippen LogP contribution in [0.1, 0.15) is 32.1 Å². The summed E-state index contributed by atoms with van der Waals surface area (Å²) in [6, 6.07) is 0.111. The third-order valence-corrected chi connectivity index (χ3v) is 4.45. The van der Waals surface area contributed by atoms with Crippen LogP contribution in [-0.2, 0) is 9.47 Å². The molecule has 4 atom stereocenters. The van der Waals surface area contributed by atoms with Gasteiger partial charge in [-0.15, -0.1) is 0 Å². The van der Waals surface area contributed by atoms with Crippen LogP contribution >= 0.6 is 0 Å². The largest absolute Gasteiger partial charge is 0.354 e. The Labute approximate surface area is 97.8 Å². The fourth-order valence-electron chi connectivity index (χ4n) is 3.67. The van der Waals surface area contributed by atoms with Crippen molar-refractivity contribution in [3.8, 4) is 0 Å². The monoisotopic (exact) mass is 228 g/mol. The van der Waals surface area contributed by atoms with Crippen molar-refractivity contribution < 1.29 is 9.47 Å². The average Bonchev–Trinajstić information content (AvgIpc) is 2.91. The molecule has 0 aromatic rings. The predicted octanol–water partition coefficient (Wildman–Crippen LogP) is 1.26. The number of hydrogen-bond acceptors (Lipinski definition) is 4. The zero-order valence-electron chi connectivity index (χ0n) is 10.3. The molecule has 2 rings (SSSR count). The minimum Gasteiger partial charge on any atom is -0.354 e. The molecule has 2 fully saturated rings. The van der Waals surface area contributed by atoms with Crippen LogP contribution in [0.2, 0.25) is 0 Å². The molecule has 0 heterocycles. The van der Waals surface area contributed by atoms with Gasteiger partial charge in [0, 0.05) is 14.2 Å². The van der Waals surface area contributed by atoms with Crippen molar-refractivity contribution in [1.82, 2.24) is 5.43 Å². The van der Waals surface area contributed by atoms with Crippen LogP contribution in [0.5, 0.6) is 0 Å². The van der Waals surface area contributed by atoms with Crippen LogP contribution in [0.4, 0.5) is 0 Å². The normalized spacial score (nSPS) is 34.9. The van der Waals surface area contributed by atoms with Gasteiger partial charge in [-0.3, -0.25) is 11.3 Å². The minimum atomic E-state index is -0.232. The fraction of sp³-hybridized carbons (Fsp3) is 1.00. The highest BCUT2D eigenvalue weighted by atomic mass is 16.7. The second kappa shape index (κ2) is 5.45. The number of methoxy groups -OCH3 is 2. The maximum atomic E-state index is 5.59. The number of nitrogens with two attached hydrogens (primary N) is 1. The topological polar surface area (TPSA) is 56.5 Å². The molecule has 2 aliphatic rings. The molecule has 0 radical (unpaired) electrons. The maximum absolute atomic E-state index is 5.59. The van der Waals surface area contributed by atoms with Gasteiger partial charge in [-0.25, -0.2) is 0 Å². The van der Waals surface area contributed by atoms with Gasteiger partial charge in [0.2, 0.25) is 0 Å². The number of hydrazine groups is 1. The number of fused-ring (bicyclic) bond motifs is 2. The van der Waals surface area contributed by atoms with Gasteiger partial charge in [0.1, 0.15) is 0 Å². The lowest BCUT2D eigenvalue weighted by atomic mass is 9.84. The van der Waals surface area contributed by atoms with Gasteiger partial charge in [-0.05, 0) is 43.4 Å². The highest BCUT2D eigenvalue weighted by molar-refractivity contribution is 4.91. The first-order chi connectivity index (χ1) is 7.78. The Balaban J connectivity index is 1.86. The van der Waals surface area contributed by atoms with Gasteiger partial charge >= 0.3 is 0 Å². The van der Waals surface area contributed by atoms with E-state index in [1.54, 1.807) is 14.2 Å². The van der Waals surface area contributed by atoms with Gasteiger partial charge in [-0.2, -0.15) is 0 Å². The van der Waals surface area contributed by atoms with Crippen LogP contribution in [0.15, 0.2) is 0 Å². The van der Waals surface area contributed by atoms with E-state index in [2.05, 4.69) is 5.43 Å². The highest BCUT2D eigenvalue weighted by Crippen LogP contribution is 2.50. The van der Waals surface area contributed by atoms with Crippen LogP contribution in [-0.4, -0.2) is 26.6 Å². The molecule has 0 aliphatic heterocycles. The molecule has 4 nitrogen and oxygen atoms in total. The second-order valence-electron chi connectivity index (χ2n) is 5.28. The van der Waals surface area contributed by atoms with Crippen LogP contribution in [0, 0.1) is 17.8 Å². The Morgan fingerprint density at radius 3 is 2.44 bits per heavy atom. The standard InChI is InChI=1S/C12H24N2O2/c1-15-12(16-2)11(14-13)7-10-6-8-3-4-9(10)5-8/h8-12,14H,3-7,13H2,1-2H3. The van der Waals surface area contributed by atoms with E-state index < -0.39 is 0 Å². The smallest absolute Gasteiger partial charge is 0.173 e. The summed E-state index contributed by atoms with van der Waals surface area (Å²) in [7, 11) is 3.33. The SMILES string of the molecule is COC(OC)C(CC1CC2CCC1C2)NN. The minimum absolute atomic E-state index is 0.111. The number of hydrogen-bond donors (Lipinski definition) is 2. The summed E-state index contributed by atoms with van der Waals surface area (Å²) in [5.74, 6) is 8.31. The van der Waals surface area contributed by atoms with Crippen LogP contribution in [0.3, 0.4) is 0 Å². The first-order valence-corrected chi connectivity index (χ1v) is 6.30. The summed E-state index contributed by atoms with van der Waals surface area (Å²) in [5, 5.41) is 0. The van der Waals surface area contributed by atoms with E-state index in [0.717, 1.165) is 24.2 Å². The molecule has 16 heavy (non-hydrogen) atoms. The van der Waals surface area contributed by atoms with E-state index >= 15 is 0 Å². The molecule has 0 aromatic heterocycles. The van der Waals surface area contributed by atoms with Crippen molar-refractivity contribution in [2.45, 2.75) is 44.4 Å². The molecule has 2 bridgehead atoms. The number of ether oxygens (including phenoxy) is 2. The molecule has 4 unspecified atom stereocenters. The van der Waals surface area contributed by atoms with Crippen molar-refractivity contribution in [2.24, 2.45) is 23.6 Å². The molecule has 0 amide bonds. The lowest BCUT2D eigenvalue weighted by Gasteiger charge is -2.29.